The van der Waals surface area contributed by atoms with E-state index in [1.54, 1.807) is 37.2 Å². The standard InChI is InChI=1S/C20H22N4O3/c1-14(17-10-9-16(26-2)13-18(17)27-3)21-20(25)22-19-11-12-24(23-19)15-7-5-4-6-8-15/h4-14H,1-3H3,(H2,21,22,23,25)/t14-/m0/s1. The fraction of sp³-hybridized carbons (Fsp3) is 0.200. The van der Waals surface area contributed by atoms with Crippen molar-refractivity contribution >= 4 is 11.8 Å². The van der Waals surface area contributed by atoms with Crippen molar-refractivity contribution in [2.45, 2.75) is 13.0 Å². The number of benzene rings is 2. The number of para-hydroxylation sites is 1. The Morgan fingerprint density at radius 2 is 1.85 bits per heavy atom. The second kappa shape index (κ2) is 8.27. The number of nitrogens with one attached hydrogen (secondary N) is 2. The van der Waals surface area contributed by atoms with Gasteiger partial charge < -0.3 is 14.8 Å². The minimum atomic E-state index is -0.348. The summed E-state index contributed by atoms with van der Waals surface area (Å²) in [5, 5.41) is 9.99. The largest absolute Gasteiger partial charge is 0.497 e. The maximum absolute atomic E-state index is 12.3. The van der Waals surface area contributed by atoms with Gasteiger partial charge >= 0.3 is 6.03 Å². The average Bonchev–Trinajstić information content (AvgIpc) is 3.16. The van der Waals surface area contributed by atoms with Crippen LogP contribution in [0.25, 0.3) is 5.69 Å². The first-order chi connectivity index (χ1) is 13.1. The minimum absolute atomic E-state index is 0.262. The number of rotatable bonds is 6. The molecule has 0 spiro atoms. The highest BCUT2D eigenvalue weighted by molar-refractivity contribution is 5.88. The number of urea groups is 1. The molecular weight excluding hydrogens is 344 g/mol. The van der Waals surface area contributed by atoms with Gasteiger partial charge in [0.05, 0.1) is 25.9 Å². The van der Waals surface area contributed by atoms with Gasteiger partial charge in [-0.05, 0) is 31.2 Å². The van der Waals surface area contributed by atoms with Gasteiger partial charge in [0.2, 0.25) is 0 Å². The summed E-state index contributed by atoms with van der Waals surface area (Å²) in [6, 6.07) is 16.3. The molecule has 7 nitrogen and oxygen atoms in total. The van der Waals surface area contributed by atoms with Crippen molar-refractivity contribution in [3.63, 3.8) is 0 Å². The molecule has 2 N–H and O–H groups in total. The molecule has 3 rings (SSSR count). The highest BCUT2D eigenvalue weighted by Crippen LogP contribution is 2.29. The van der Waals surface area contributed by atoms with E-state index in [-0.39, 0.29) is 12.1 Å². The van der Waals surface area contributed by atoms with Gasteiger partial charge in [-0.2, -0.15) is 0 Å². The molecule has 1 heterocycles. The Morgan fingerprint density at radius 1 is 1.07 bits per heavy atom. The zero-order chi connectivity index (χ0) is 19.2. The molecule has 0 radical (unpaired) electrons. The summed E-state index contributed by atoms with van der Waals surface area (Å²) in [5.74, 6) is 1.81. The van der Waals surface area contributed by atoms with Crippen LogP contribution in [-0.4, -0.2) is 30.0 Å². The summed E-state index contributed by atoms with van der Waals surface area (Å²) < 4.78 is 12.3. The molecule has 140 valence electrons. The zero-order valence-corrected chi connectivity index (χ0v) is 15.5. The summed E-state index contributed by atoms with van der Waals surface area (Å²) in [4.78, 5) is 12.3. The van der Waals surface area contributed by atoms with Crippen LogP contribution in [0.3, 0.4) is 0 Å². The maximum Gasteiger partial charge on any atom is 0.320 e. The monoisotopic (exact) mass is 366 g/mol. The Hall–Kier alpha value is -3.48. The highest BCUT2D eigenvalue weighted by atomic mass is 16.5. The first-order valence-corrected chi connectivity index (χ1v) is 8.51. The van der Waals surface area contributed by atoms with E-state index in [0.29, 0.717) is 17.3 Å². The Kier molecular flexibility index (Phi) is 5.61. The zero-order valence-electron chi connectivity index (χ0n) is 15.5. The first kappa shape index (κ1) is 18.3. The molecule has 1 aromatic heterocycles. The van der Waals surface area contributed by atoms with Gasteiger partial charge in [0, 0.05) is 23.9 Å². The number of nitrogens with zero attached hydrogens (tertiary/aromatic N) is 2. The molecule has 0 saturated carbocycles. The first-order valence-electron chi connectivity index (χ1n) is 8.51. The summed E-state index contributed by atoms with van der Waals surface area (Å²) in [7, 11) is 3.18. The van der Waals surface area contributed by atoms with Gasteiger partial charge in [0.25, 0.3) is 0 Å². The predicted molar refractivity (Wildman–Crippen MR) is 104 cm³/mol. The third-order valence-corrected chi connectivity index (χ3v) is 4.11. The number of hydrogen-bond donors (Lipinski definition) is 2. The molecule has 3 aromatic rings. The Labute approximate surface area is 157 Å². The molecule has 0 aliphatic rings. The molecular formula is C20H22N4O3. The van der Waals surface area contributed by atoms with Crippen LogP contribution in [-0.2, 0) is 0 Å². The molecule has 0 aliphatic carbocycles. The Balaban J connectivity index is 1.65. The van der Waals surface area contributed by atoms with E-state index in [4.69, 9.17) is 9.47 Å². The SMILES string of the molecule is COc1ccc([C@H](C)NC(=O)Nc2ccn(-c3ccccc3)n2)c(OC)c1. The Bertz CT molecular complexity index is 909. The molecule has 1 atom stereocenters. The number of hydrogen-bond acceptors (Lipinski definition) is 4. The van der Waals surface area contributed by atoms with E-state index in [9.17, 15) is 4.79 Å². The smallest absolute Gasteiger partial charge is 0.320 e. The van der Waals surface area contributed by atoms with Crippen LogP contribution in [0.15, 0.2) is 60.8 Å². The maximum atomic E-state index is 12.3. The average molecular weight is 366 g/mol. The molecule has 0 fully saturated rings. The van der Waals surface area contributed by atoms with Crippen LogP contribution in [0.4, 0.5) is 10.6 Å². The van der Waals surface area contributed by atoms with Crippen molar-refractivity contribution in [2.75, 3.05) is 19.5 Å². The van der Waals surface area contributed by atoms with Crippen LogP contribution in [0.1, 0.15) is 18.5 Å². The third-order valence-electron chi connectivity index (χ3n) is 4.11. The summed E-state index contributed by atoms with van der Waals surface area (Å²) in [5.41, 5.74) is 1.77. The van der Waals surface area contributed by atoms with Crippen LogP contribution < -0.4 is 20.1 Å². The lowest BCUT2D eigenvalue weighted by atomic mass is 10.1. The van der Waals surface area contributed by atoms with Crippen LogP contribution in [0, 0.1) is 0 Å². The lowest BCUT2D eigenvalue weighted by Crippen LogP contribution is -2.31. The van der Waals surface area contributed by atoms with Crippen molar-refractivity contribution in [1.82, 2.24) is 15.1 Å². The lowest BCUT2D eigenvalue weighted by molar-refractivity contribution is 0.249. The lowest BCUT2D eigenvalue weighted by Gasteiger charge is -2.18. The van der Waals surface area contributed by atoms with Crippen molar-refractivity contribution < 1.29 is 14.3 Å². The number of carbonyl (C=O) groups is 1. The molecule has 2 amide bonds. The van der Waals surface area contributed by atoms with E-state index in [0.717, 1.165) is 11.3 Å². The van der Waals surface area contributed by atoms with Crippen molar-refractivity contribution in [3.05, 3.63) is 66.4 Å². The topological polar surface area (TPSA) is 77.4 Å². The van der Waals surface area contributed by atoms with E-state index >= 15 is 0 Å². The van der Waals surface area contributed by atoms with Gasteiger partial charge in [0.15, 0.2) is 5.82 Å². The molecule has 0 unspecified atom stereocenters. The number of carbonyl (C=O) groups excluding carboxylic acids is 1. The highest BCUT2D eigenvalue weighted by Gasteiger charge is 2.15. The number of ether oxygens (including phenoxy) is 2. The summed E-state index contributed by atoms with van der Waals surface area (Å²) in [6.45, 7) is 1.88. The number of aromatic nitrogens is 2. The van der Waals surface area contributed by atoms with E-state index in [1.165, 1.54) is 0 Å². The summed E-state index contributed by atoms with van der Waals surface area (Å²) >= 11 is 0. The van der Waals surface area contributed by atoms with Gasteiger partial charge in [-0.15, -0.1) is 5.10 Å². The third kappa shape index (κ3) is 4.38. The van der Waals surface area contributed by atoms with Crippen molar-refractivity contribution in [3.8, 4) is 17.2 Å². The van der Waals surface area contributed by atoms with Crippen LogP contribution in [0.2, 0.25) is 0 Å². The molecule has 2 aromatic carbocycles. The van der Waals surface area contributed by atoms with Gasteiger partial charge in [-0.25, -0.2) is 9.48 Å². The van der Waals surface area contributed by atoms with Crippen LogP contribution >= 0.6 is 0 Å². The second-order valence-electron chi connectivity index (χ2n) is 5.91. The van der Waals surface area contributed by atoms with E-state index in [1.807, 2.05) is 49.4 Å². The van der Waals surface area contributed by atoms with Gasteiger partial charge in [0.1, 0.15) is 11.5 Å². The normalized spacial score (nSPS) is 11.5. The van der Waals surface area contributed by atoms with Crippen molar-refractivity contribution in [2.24, 2.45) is 0 Å². The predicted octanol–water partition coefficient (Wildman–Crippen LogP) is 3.77. The van der Waals surface area contributed by atoms with E-state index < -0.39 is 0 Å². The Morgan fingerprint density at radius 3 is 2.56 bits per heavy atom. The van der Waals surface area contributed by atoms with Gasteiger partial charge in [-0.1, -0.05) is 18.2 Å². The fourth-order valence-corrected chi connectivity index (χ4v) is 2.72. The van der Waals surface area contributed by atoms with E-state index in [2.05, 4.69) is 15.7 Å². The van der Waals surface area contributed by atoms with Crippen LogP contribution in [0.5, 0.6) is 11.5 Å². The van der Waals surface area contributed by atoms with Gasteiger partial charge in [-0.3, -0.25) is 5.32 Å². The second-order valence-corrected chi connectivity index (χ2v) is 5.91. The number of methoxy groups -OCH3 is 2. The summed E-state index contributed by atoms with van der Waals surface area (Å²) in [6.07, 6.45) is 1.79. The molecule has 27 heavy (non-hydrogen) atoms. The molecule has 0 aliphatic heterocycles. The molecule has 0 bridgehead atoms. The number of anilines is 1. The molecule has 0 saturated heterocycles. The number of amides is 2. The minimum Gasteiger partial charge on any atom is -0.497 e. The van der Waals surface area contributed by atoms with Crippen molar-refractivity contribution in [1.29, 1.82) is 0 Å². The molecule has 7 heteroatoms. The fourth-order valence-electron chi connectivity index (χ4n) is 2.72. The quantitative estimate of drug-likeness (QED) is 0.696.